The summed E-state index contributed by atoms with van der Waals surface area (Å²) >= 11 is 0. The van der Waals surface area contributed by atoms with Gasteiger partial charge in [-0.05, 0) is 18.4 Å². The quantitative estimate of drug-likeness (QED) is 0.800. The van der Waals surface area contributed by atoms with Crippen molar-refractivity contribution in [2.45, 2.75) is 40.2 Å². The van der Waals surface area contributed by atoms with E-state index >= 15 is 0 Å². The first-order valence-electron chi connectivity index (χ1n) is 6.14. The van der Waals surface area contributed by atoms with Gasteiger partial charge in [-0.25, -0.2) is 0 Å². The van der Waals surface area contributed by atoms with Gasteiger partial charge in [0.2, 0.25) is 0 Å². The van der Waals surface area contributed by atoms with Gasteiger partial charge in [-0.1, -0.05) is 44.9 Å². The minimum absolute atomic E-state index is 0.542. The van der Waals surface area contributed by atoms with Crippen molar-refractivity contribution in [3.63, 3.8) is 0 Å². The highest BCUT2D eigenvalue weighted by molar-refractivity contribution is 5.40. The van der Waals surface area contributed by atoms with Crippen LogP contribution in [0.4, 0.5) is 0 Å². The summed E-state index contributed by atoms with van der Waals surface area (Å²) in [6, 6.07) is 6.14. The number of aryl methyl sites for hydroxylation is 1. The smallest absolute Gasteiger partial charge is 0.126 e. The summed E-state index contributed by atoms with van der Waals surface area (Å²) in [5.74, 6) is 1.63. The van der Waals surface area contributed by atoms with Gasteiger partial charge in [-0.3, -0.25) is 0 Å². The number of hydrogen-bond donors (Lipinski definition) is 1. The minimum Gasteiger partial charge on any atom is -0.493 e. The predicted octanol–water partition coefficient (Wildman–Crippen LogP) is 3.27. The lowest BCUT2D eigenvalue weighted by molar-refractivity contribution is 0.237. The monoisotopic (exact) mass is 221 g/mol. The fourth-order valence-electron chi connectivity index (χ4n) is 1.81. The molecular weight excluding hydrogens is 198 g/mol. The first-order valence-corrected chi connectivity index (χ1v) is 6.14. The highest BCUT2D eigenvalue weighted by atomic mass is 16.5. The maximum Gasteiger partial charge on any atom is 0.126 e. The molecule has 0 unspecified atom stereocenters. The van der Waals surface area contributed by atoms with E-state index in [2.05, 4.69) is 26.8 Å². The van der Waals surface area contributed by atoms with Gasteiger partial charge < -0.3 is 10.5 Å². The number of rotatable bonds is 6. The van der Waals surface area contributed by atoms with Crippen LogP contribution >= 0.6 is 0 Å². The molecule has 0 fully saturated rings. The first-order chi connectivity index (χ1) is 7.72. The van der Waals surface area contributed by atoms with Crippen molar-refractivity contribution in [2.24, 2.45) is 11.7 Å². The molecule has 0 spiro atoms. The standard InChI is InChI=1S/C14H23NO/c1-4-12(5-2)10-16-14-11(3)7-6-8-13(14)9-15/h6-8,12H,4-5,9-10,15H2,1-3H3. The fourth-order valence-corrected chi connectivity index (χ4v) is 1.81. The molecule has 0 aliphatic heterocycles. The van der Waals surface area contributed by atoms with Crippen molar-refractivity contribution in [2.75, 3.05) is 6.61 Å². The molecule has 0 bridgehead atoms. The van der Waals surface area contributed by atoms with Crippen LogP contribution in [0.3, 0.4) is 0 Å². The Balaban J connectivity index is 2.72. The Kier molecular flexibility index (Phi) is 5.33. The van der Waals surface area contributed by atoms with Gasteiger partial charge in [0.1, 0.15) is 5.75 Å². The fraction of sp³-hybridized carbons (Fsp3) is 0.571. The lowest BCUT2D eigenvalue weighted by atomic mass is 10.0. The second-order valence-electron chi connectivity index (χ2n) is 4.26. The summed E-state index contributed by atoms with van der Waals surface area (Å²) in [6.45, 7) is 7.82. The van der Waals surface area contributed by atoms with E-state index in [9.17, 15) is 0 Å². The minimum atomic E-state index is 0.542. The second-order valence-corrected chi connectivity index (χ2v) is 4.26. The molecule has 0 saturated heterocycles. The number of hydrogen-bond acceptors (Lipinski definition) is 2. The average molecular weight is 221 g/mol. The van der Waals surface area contributed by atoms with Crippen LogP contribution in [0.2, 0.25) is 0 Å². The largest absolute Gasteiger partial charge is 0.493 e. The van der Waals surface area contributed by atoms with Gasteiger partial charge in [-0.15, -0.1) is 0 Å². The van der Waals surface area contributed by atoms with E-state index in [0.717, 1.165) is 17.9 Å². The van der Waals surface area contributed by atoms with Crippen LogP contribution in [0.15, 0.2) is 18.2 Å². The Morgan fingerprint density at radius 2 is 1.94 bits per heavy atom. The Morgan fingerprint density at radius 3 is 2.50 bits per heavy atom. The molecule has 1 aromatic carbocycles. The molecule has 0 aliphatic carbocycles. The molecule has 0 radical (unpaired) electrons. The molecule has 2 nitrogen and oxygen atoms in total. The molecule has 0 saturated carbocycles. The molecule has 0 heterocycles. The molecule has 1 rings (SSSR count). The van der Waals surface area contributed by atoms with Crippen LogP contribution in [-0.2, 0) is 6.54 Å². The van der Waals surface area contributed by atoms with Crippen LogP contribution in [-0.4, -0.2) is 6.61 Å². The van der Waals surface area contributed by atoms with Gasteiger partial charge in [0, 0.05) is 12.1 Å². The molecule has 2 N–H and O–H groups in total. The van der Waals surface area contributed by atoms with Gasteiger partial charge in [0.25, 0.3) is 0 Å². The van der Waals surface area contributed by atoms with E-state index in [1.54, 1.807) is 0 Å². The maximum absolute atomic E-state index is 5.92. The number of para-hydroxylation sites is 1. The van der Waals surface area contributed by atoms with Gasteiger partial charge >= 0.3 is 0 Å². The molecule has 0 atom stereocenters. The molecule has 16 heavy (non-hydrogen) atoms. The SMILES string of the molecule is CCC(CC)COc1c(C)cccc1CN. The van der Waals surface area contributed by atoms with Crippen molar-refractivity contribution in [3.8, 4) is 5.75 Å². The summed E-state index contributed by atoms with van der Waals surface area (Å²) in [4.78, 5) is 0. The summed E-state index contributed by atoms with van der Waals surface area (Å²) in [7, 11) is 0. The van der Waals surface area contributed by atoms with Crippen LogP contribution in [0.25, 0.3) is 0 Å². The molecule has 0 aliphatic rings. The third-order valence-electron chi connectivity index (χ3n) is 3.13. The lowest BCUT2D eigenvalue weighted by Crippen LogP contribution is -2.12. The number of ether oxygens (including phenoxy) is 1. The van der Waals surface area contributed by atoms with Crippen molar-refractivity contribution in [3.05, 3.63) is 29.3 Å². The Morgan fingerprint density at radius 1 is 1.25 bits per heavy atom. The van der Waals surface area contributed by atoms with Gasteiger partial charge in [-0.2, -0.15) is 0 Å². The van der Waals surface area contributed by atoms with Crippen molar-refractivity contribution in [1.82, 2.24) is 0 Å². The Hall–Kier alpha value is -1.02. The molecular formula is C14H23NO. The van der Waals surface area contributed by atoms with Crippen LogP contribution < -0.4 is 10.5 Å². The normalized spacial score (nSPS) is 10.8. The molecule has 0 amide bonds. The van der Waals surface area contributed by atoms with Crippen LogP contribution in [0.5, 0.6) is 5.75 Å². The van der Waals surface area contributed by atoms with Crippen molar-refractivity contribution >= 4 is 0 Å². The van der Waals surface area contributed by atoms with Crippen molar-refractivity contribution < 1.29 is 4.74 Å². The topological polar surface area (TPSA) is 35.2 Å². The summed E-state index contributed by atoms with van der Waals surface area (Å²) in [5, 5.41) is 0. The highest BCUT2D eigenvalue weighted by Gasteiger charge is 2.09. The van der Waals surface area contributed by atoms with Gasteiger partial charge in [0.15, 0.2) is 0 Å². The molecule has 90 valence electrons. The molecule has 2 heteroatoms. The average Bonchev–Trinajstić information content (AvgIpc) is 2.31. The zero-order chi connectivity index (χ0) is 12.0. The summed E-state index contributed by atoms with van der Waals surface area (Å²) < 4.78 is 5.92. The second kappa shape index (κ2) is 6.54. The van der Waals surface area contributed by atoms with Crippen LogP contribution in [0.1, 0.15) is 37.8 Å². The van der Waals surface area contributed by atoms with E-state index in [1.807, 2.05) is 12.1 Å². The Labute approximate surface area is 98.8 Å². The zero-order valence-electron chi connectivity index (χ0n) is 10.6. The summed E-state index contributed by atoms with van der Waals surface area (Å²) in [6.07, 6.45) is 2.33. The van der Waals surface area contributed by atoms with E-state index < -0.39 is 0 Å². The van der Waals surface area contributed by atoms with E-state index in [1.165, 1.54) is 18.4 Å². The maximum atomic E-state index is 5.92. The lowest BCUT2D eigenvalue weighted by Gasteiger charge is -2.17. The van der Waals surface area contributed by atoms with E-state index in [0.29, 0.717) is 12.5 Å². The third-order valence-corrected chi connectivity index (χ3v) is 3.13. The Bertz CT molecular complexity index is 319. The highest BCUT2D eigenvalue weighted by Crippen LogP contribution is 2.24. The van der Waals surface area contributed by atoms with E-state index in [4.69, 9.17) is 10.5 Å². The first kappa shape index (κ1) is 13.0. The third kappa shape index (κ3) is 3.24. The molecule has 1 aromatic rings. The van der Waals surface area contributed by atoms with Crippen molar-refractivity contribution in [1.29, 1.82) is 0 Å². The predicted molar refractivity (Wildman–Crippen MR) is 68.6 cm³/mol. The molecule has 0 aromatic heterocycles. The number of benzene rings is 1. The van der Waals surface area contributed by atoms with E-state index in [-0.39, 0.29) is 0 Å². The summed E-state index contributed by atoms with van der Waals surface area (Å²) in [5.41, 5.74) is 7.99. The van der Waals surface area contributed by atoms with Gasteiger partial charge in [0.05, 0.1) is 6.61 Å². The number of nitrogens with two attached hydrogens (primary N) is 1. The van der Waals surface area contributed by atoms with Crippen LogP contribution in [0, 0.1) is 12.8 Å². The zero-order valence-corrected chi connectivity index (χ0v) is 10.6.